The number of hydrogen-bond donors (Lipinski definition) is 1. The number of hydrogen-bond acceptors (Lipinski definition) is 7. The summed E-state index contributed by atoms with van der Waals surface area (Å²) in [5.41, 5.74) is 1.99. The zero-order valence-electron chi connectivity index (χ0n) is 27.4. The van der Waals surface area contributed by atoms with Crippen molar-refractivity contribution in [1.29, 1.82) is 0 Å². The molecule has 2 fully saturated rings. The van der Waals surface area contributed by atoms with Gasteiger partial charge in [0.1, 0.15) is 23.5 Å². The molecule has 0 saturated carbocycles. The van der Waals surface area contributed by atoms with Gasteiger partial charge >= 0.3 is 0 Å². The van der Waals surface area contributed by atoms with Gasteiger partial charge in [-0.05, 0) is 76.7 Å². The number of likely N-dealkylation sites (tertiary alicyclic amines) is 1. The van der Waals surface area contributed by atoms with Crippen molar-refractivity contribution in [3.63, 3.8) is 0 Å². The Bertz CT molecular complexity index is 1540. The lowest BCUT2D eigenvalue weighted by Gasteiger charge is -2.38. The molecular weight excluding hydrogens is 584 g/mol. The number of allylic oxidation sites excluding steroid dienone is 1. The lowest BCUT2D eigenvalue weighted by molar-refractivity contribution is -0.0847. The van der Waals surface area contributed by atoms with Crippen molar-refractivity contribution in [3.05, 3.63) is 83.4 Å². The van der Waals surface area contributed by atoms with E-state index in [0.29, 0.717) is 62.2 Å². The fourth-order valence-electron chi connectivity index (χ4n) is 6.75. The number of halogens is 2. The highest BCUT2D eigenvalue weighted by atomic mass is 19.3. The Labute approximate surface area is 271 Å². The summed E-state index contributed by atoms with van der Waals surface area (Å²) in [6, 6.07) is 9.09. The smallest absolute Gasteiger partial charge is 0.276 e. The summed E-state index contributed by atoms with van der Waals surface area (Å²) in [6.45, 7) is 18.2. The van der Waals surface area contributed by atoms with Gasteiger partial charge in [-0.1, -0.05) is 30.4 Å². The number of pyridine rings is 1. The Morgan fingerprint density at radius 1 is 1.02 bits per heavy atom. The number of anilines is 2. The Morgan fingerprint density at radius 2 is 1.78 bits per heavy atom. The molecule has 5 rings (SSSR count). The summed E-state index contributed by atoms with van der Waals surface area (Å²) in [7, 11) is 0. The van der Waals surface area contributed by atoms with E-state index >= 15 is 8.78 Å². The molecule has 0 unspecified atom stereocenters. The number of alkyl halides is 2. The first-order valence-electron chi connectivity index (χ1n) is 16.8. The van der Waals surface area contributed by atoms with E-state index in [1.807, 2.05) is 24.3 Å². The second kappa shape index (κ2) is 15.3. The standard InChI is InChI=1S/C36H49F2N7O/c1-5-7-8-9-16-45-34-31(24-32(35(45)46)44-21-19-43(20-22-44)27(3)4)33(40-26-41-34)39-25-28-11-10-12-30(23-28)36(37,38)29-13-17-42(15-6-2)18-14-29/h5-6,10-12,23-24,26-27,29H,1-2,7-9,13-22,25H2,3-4H3,(H,39,40,41). The molecule has 0 aliphatic carbocycles. The van der Waals surface area contributed by atoms with E-state index in [1.165, 1.54) is 12.4 Å². The predicted molar refractivity (Wildman–Crippen MR) is 184 cm³/mol. The van der Waals surface area contributed by atoms with E-state index in [-0.39, 0.29) is 11.1 Å². The fraction of sp³-hybridized carbons (Fsp3) is 0.528. The molecule has 1 N–H and O–H groups in total. The average Bonchev–Trinajstić information content (AvgIpc) is 3.07. The van der Waals surface area contributed by atoms with Gasteiger partial charge in [0, 0.05) is 63.3 Å². The molecule has 0 radical (unpaired) electrons. The van der Waals surface area contributed by atoms with Gasteiger partial charge in [0.05, 0.1) is 5.39 Å². The summed E-state index contributed by atoms with van der Waals surface area (Å²) in [4.78, 5) is 29.8. The summed E-state index contributed by atoms with van der Waals surface area (Å²) in [5, 5.41) is 4.14. The zero-order chi connectivity index (χ0) is 32.7. The number of unbranched alkanes of at least 4 members (excludes halogenated alkanes) is 2. The Hall–Kier alpha value is -3.63. The highest BCUT2D eigenvalue weighted by Gasteiger charge is 2.42. The number of fused-ring (bicyclic) bond motifs is 1. The van der Waals surface area contributed by atoms with Gasteiger partial charge in [-0.25, -0.2) is 18.7 Å². The molecule has 3 aromatic rings. The molecule has 0 amide bonds. The van der Waals surface area contributed by atoms with Crippen LogP contribution in [0.25, 0.3) is 11.0 Å². The second-order valence-corrected chi connectivity index (χ2v) is 12.9. The third kappa shape index (κ3) is 7.66. The molecule has 0 spiro atoms. The number of rotatable bonds is 14. The first-order valence-corrected chi connectivity index (χ1v) is 16.8. The molecule has 0 atom stereocenters. The van der Waals surface area contributed by atoms with Crippen LogP contribution < -0.4 is 15.8 Å². The van der Waals surface area contributed by atoms with Gasteiger partial charge in [0.25, 0.3) is 11.5 Å². The van der Waals surface area contributed by atoms with E-state index in [4.69, 9.17) is 0 Å². The van der Waals surface area contributed by atoms with Crippen molar-refractivity contribution < 1.29 is 8.78 Å². The fourth-order valence-corrected chi connectivity index (χ4v) is 6.75. The van der Waals surface area contributed by atoms with Crippen LogP contribution in [0.2, 0.25) is 0 Å². The maximum Gasteiger partial charge on any atom is 0.276 e. The van der Waals surface area contributed by atoms with E-state index in [2.05, 4.69) is 57.0 Å². The van der Waals surface area contributed by atoms with Crippen molar-refractivity contribution in [1.82, 2.24) is 24.3 Å². The van der Waals surface area contributed by atoms with E-state index < -0.39 is 11.8 Å². The molecular formula is C36H49F2N7O. The van der Waals surface area contributed by atoms with Crippen LogP contribution in [-0.4, -0.2) is 76.2 Å². The van der Waals surface area contributed by atoms with Crippen molar-refractivity contribution in [2.75, 3.05) is 56.0 Å². The normalized spacial score (nSPS) is 17.1. The topological polar surface area (TPSA) is 69.5 Å². The zero-order valence-corrected chi connectivity index (χ0v) is 27.4. The molecule has 0 bridgehead atoms. The van der Waals surface area contributed by atoms with Crippen LogP contribution in [-0.2, 0) is 19.0 Å². The Kier molecular flexibility index (Phi) is 11.2. The molecule has 4 heterocycles. The van der Waals surface area contributed by atoms with Gasteiger partial charge in [0.15, 0.2) is 0 Å². The number of nitrogens with zero attached hydrogens (tertiary/aromatic N) is 6. The van der Waals surface area contributed by atoms with E-state index in [9.17, 15) is 4.79 Å². The van der Waals surface area contributed by atoms with E-state index in [1.54, 1.807) is 16.7 Å². The van der Waals surface area contributed by atoms with E-state index in [0.717, 1.165) is 62.9 Å². The molecule has 10 heteroatoms. The van der Waals surface area contributed by atoms with Gasteiger partial charge in [-0.15, -0.1) is 13.2 Å². The van der Waals surface area contributed by atoms with Crippen molar-refractivity contribution in [2.45, 2.75) is 71.0 Å². The maximum atomic E-state index is 15.7. The molecule has 46 heavy (non-hydrogen) atoms. The van der Waals surface area contributed by atoms with Gasteiger partial charge in [-0.2, -0.15) is 0 Å². The van der Waals surface area contributed by atoms with Crippen molar-refractivity contribution in [2.24, 2.45) is 5.92 Å². The average molecular weight is 634 g/mol. The SMILES string of the molecule is C=CCCCCn1c(=O)c(N2CCN(C(C)C)CC2)cc2c(NCc3cccc(C(F)(F)C4CCN(CC=C)CC4)c3)ncnc21. The summed E-state index contributed by atoms with van der Waals surface area (Å²) >= 11 is 0. The molecule has 248 valence electrons. The molecule has 8 nitrogen and oxygen atoms in total. The maximum absolute atomic E-state index is 15.7. The predicted octanol–water partition coefficient (Wildman–Crippen LogP) is 6.28. The number of benzene rings is 1. The number of piperazine rings is 1. The van der Waals surface area contributed by atoms with Crippen LogP contribution in [0.15, 0.2) is 66.8 Å². The van der Waals surface area contributed by atoms with Crippen LogP contribution >= 0.6 is 0 Å². The van der Waals surface area contributed by atoms with Crippen LogP contribution in [0, 0.1) is 5.92 Å². The van der Waals surface area contributed by atoms with Crippen molar-refractivity contribution in [3.8, 4) is 0 Å². The van der Waals surface area contributed by atoms with Gasteiger partial charge in [-0.3, -0.25) is 19.2 Å². The monoisotopic (exact) mass is 633 g/mol. The first kappa shape index (κ1) is 33.7. The Morgan fingerprint density at radius 3 is 2.48 bits per heavy atom. The number of piperidine rings is 1. The van der Waals surface area contributed by atoms with Crippen LogP contribution in [0.4, 0.5) is 20.3 Å². The molecule has 1 aromatic carbocycles. The number of nitrogens with one attached hydrogen (secondary N) is 1. The summed E-state index contributed by atoms with van der Waals surface area (Å²) in [6.07, 6.45) is 8.75. The summed E-state index contributed by atoms with van der Waals surface area (Å²) in [5.74, 6) is -3.01. The largest absolute Gasteiger partial charge is 0.365 e. The quantitative estimate of drug-likeness (QED) is 0.166. The van der Waals surface area contributed by atoms with Gasteiger partial charge < -0.3 is 10.2 Å². The van der Waals surface area contributed by atoms with Crippen molar-refractivity contribution >= 4 is 22.5 Å². The van der Waals surface area contributed by atoms with Crippen LogP contribution in [0.3, 0.4) is 0 Å². The van der Waals surface area contributed by atoms with Crippen LogP contribution in [0.1, 0.15) is 57.1 Å². The molecule has 2 aliphatic heterocycles. The lowest BCUT2D eigenvalue weighted by atomic mass is 9.86. The minimum atomic E-state index is -2.91. The summed E-state index contributed by atoms with van der Waals surface area (Å²) < 4.78 is 33.2. The molecule has 2 saturated heterocycles. The van der Waals surface area contributed by atoms with Crippen LogP contribution in [0.5, 0.6) is 0 Å². The minimum absolute atomic E-state index is 0.0426. The third-order valence-electron chi connectivity index (χ3n) is 9.55. The second-order valence-electron chi connectivity index (χ2n) is 12.9. The number of aryl methyl sites for hydroxylation is 1. The molecule has 2 aliphatic rings. The highest BCUT2D eigenvalue weighted by Crippen LogP contribution is 2.41. The Balaban J connectivity index is 1.39. The highest BCUT2D eigenvalue weighted by molar-refractivity contribution is 5.89. The minimum Gasteiger partial charge on any atom is -0.365 e. The van der Waals surface area contributed by atoms with Gasteiger partial charge in [0.2, 0.25) is 0 Å². The third-order valence-corrected chi connectivity index (χ3v) is 9.55. The molecule has 2 aromatic heterocycles. The first-order chi connectivity index (χ1) is 22.2. The number of aromatic nitrogens is 3. The lowest BCUT2D eigenvalue weighted by Crippen LogP contribution is -2.50.